The van der Waals surface area contributed by atoms with Gasteiger partial charge in [0.15, 0.2) is 5.82 Å². The van der Waals surface area contributed by atoms with E-state index in [4.69, 9.17) is 27.1 Å². The van der Waals surface area contributed by atoms with Crippen molar-refractivity contribution >= 4 is 35.0 Å². The monoisotopic (exact) mass is 388 g/mol. The second-order valence-corrected chi connectivity index (χ2v) is 6.56. The third kappa shape index (κ3) is 3.66. The molecule has 0 spiro atoms. The maximum Gasteiger partial charge on any atom is 0.234 e. The summed E-state index contributed by atoms with van der Waals surface area (Å²) in [5, 5.41) is 20.3. The fraction of sp³-hybridized carbons (Fsp3) is 0.125. The summed E-state index contributed by atoms with van der Waals surface area (Å²) in [6, 6.07) is 8.38. The fourth-order valence-corrected chi connectivity index (χ4v) is 3.07. The van der Waals surface area contributed by atoms with Gasteiger partial charge in [0.2, 0.25) is 11.1 Å². The molecular weight excluding hydrogens is 376 g/mol. The molecule has 0 aliphatic carbocycles. The molecule has 3 aromatic rings. The van der Waals surface area contributed by atoms with E-state index >= 15 is 0 Å². The molecule has 1 amide bonds. The Bertz CT molecular complexity index is 1010. The zero-order chi connectivity index (χ0) is 18.7. The first kappa shape index (κ1) is 17.8. The van der Waals surface area contributed by atoms with Crippen LogP contribution in [0.1, 0.15) is 11.3 Å². The van der Waals surface area contributed by atoms with Crippen molar-refractivity contribution in [1.29, 1.82) is 5.26 Å². The lowest BCUT2D eigenvalue weighted by Gasteiger charge is -2.06. The molecule has 10 heteroatoms. The maximum atomic E-state index is 12.1. The molecule has 0 bridgehead atoms. The lowest BCUT2D eigenvalue weighted by molar-refractivity contribution is -0.113. The average molecular weight is 389 g/mol. The number of hydrogen-bond donors (Lipinski definition) is 2. The number of nitrogen functional groups attached to an aromatic ring is 1. The van der Waals surface area contributed by atoms with E-state index in [0.29, 0.717) is 28.0 Å². The Balaban J connectivity index is 1.64. The summed E-state index contributed by atoms with van der Waals surface area (Å²) in [4.78, 5) is 12.1. The third-order valence-electron chi connectivity index (χ3n) is 3.47. The molecule has 8 nitrogen and oxygen atoms in total. The highest BCUT2D eigenvalue weighted by molar-refractivity contribution is 7.99. The Hall–Kier alpha value is -2.96. The van der Waals surface area contributed by atoms with E-state index in [9.17, 15) is 4.79 Å². The number of hydrogen-bond acceptors (Lipinski definition) is 7. The Morgan fingerprint density at radius 1 is 1.46 bits per heavy atom. The van der Waals surface area contributed by atoms with Gasteiger partial charge in [0, 0.05) is 5.69 Å². The fourth-order valence-electron chi connectivity index (χ4n) is 2.19. The van der Waals surface area contributed by atoms with E-state index in [1.54, 1.807) is 31.4 Å². The molecular formula is C16H13ClN6O2S. The molecule has 0 saturated carbocycles. The number of anilines is 1. The summed E-state index contributed by atoms with van der Waals surface area (Å²) in [5.41, 5.74) is 1.59. The van der Waals surface area contributed by atoms with Gasteiger partial charge >= 0.3 is 0 Å². The molecule has 0 atom stereocenters. The molecule has 1 aromatic carbocycles. The van der Waals surface area contributed by atoms with Gasteiger partial charge in [-0.05, 0) is 31.2 Å². The molecule has 0 aliphatic heterocycles. The van der Waals surface area contributed by atoms with Crippen molar-refractivity contribution < 1.29 is 9.21 Å². The molecule has 0 radical (unpaired) electrons. The number of carbonyl (C=O) groups is 1. The molecule has 26 heavy (non-hydrogen) atoms. The van der Waals surface area contributed by atoms with Crippen LogP contribution >= 0.6 is 23.4 Å². The predicted octanol–water partition coefficient (Wildman–Crippen LogP) is 2.82. The number of benzene rings is 1. The number of aromatic nitrogens is 3. The molecule has 0 fully saturated rings. The van der Waals surface area contributed by atoms with Crippen molar-refractivity contribution in [2.45, 2.75) is 12.1 Å². The number of thioether (sulfide) groups is 1. The average Bonchev–Trinajstić information content (AvgIpc) is 3.18. The van der Waals surface area contributed by atoms with Crippen molar-refractivity contribution in [1.82, 2.24) is 14.9 Å². The maximum absolute atomic E-state index is 12.1. The van der Waals surface area contributed by atoms with Gasteiger partial charge in [-0.2, -0.15) is 5.26 Å². The van der Waals surface area contributed by atoms with Gasteiger partial charge in [0.1, 0.15) is 11.8 Å². The van der Waals surface area contributed by atoms with Crippen molar-refractivity contribution in [3.8, 4) is 17.5 Å². The minimum atomic E-state index is -0.264. The molecule has 2 aromatic heterocycles. The smallest absolute Gasteiger partial charge is 0.234 e. The number of nitrogens with two attached hydrogens (primary N) is 1. The Labute approximate surface area is 157 Å². The standard InChI is InChI=1S/C16H13ClN6O2S/c1-9-12(4-5-25-9)15-21-22-16(23(15)19)26-8-14(24)20-11-3-2-10(7-18)13(17)6-11/h2-6H,8,19H2,1H3,(H,20,24). The summed E-state index contributed by atoms with van der Waals surface area (Å²) in [5.74, 6) is 6.95. The Kier molecular flexibility index (Phi) is 5.16. The zero-order valence-electron chi connectivity index (χ0n) is 13.6. The van der Waals surface area contributed by atoms with E-state index in [2.05, 4.69) is 15.5 Å². The predicted molar refractivity (Wildman–Crippen MR) is 98.1 cm³/mol. The molecule has 0 saturated heterocycles. The van der Waals surface area contributed by atoms with Gasteiger partial charge < -0.3 is 15.6 Å². The number of nitrogens with zero attached hydrogens (tertiary/aromatic N) is 4. The van der Waals surface area contributed by atoms with E-state index in [1.165, 1.54) is 10.7 Å². The van der Waals surface area contributed by atoms with Crippen LogP contribution in [-0.2, 0) is 4.79 Å². The van der Waals surface area contributed by atoms with Crippen molar-refractivity contribution in [2.24, 2.45) is 0 Å². The van der Waals surface area contributed by atoms with Gasteiger partial charge in [-0.1, -0.05) is 23.4 Å². The summed E-state index contributed by atoms with van der Waals surface area (Å²) < 4.78 is 6.55. The van der Waals surface area contributed by atoms with E-state index in [-0.39, 0.29) is 16.7 Å². The number of rotatable bonds is 5. The number of nitrogens with one attached hydrogen (secondary N) is 1. The van der Waals surface area contributed by atoms with Crippen molar-refractivity contribution in [3.05, 3.63) is 46.9 Å². The second-order valence-electron chi connectivity index (χ2n) is 5.21. The molecule has 132 valence electrons. The highest BCUT2D eigenvalue weighted by atomic mass is 35.5. The molecule has 3 rings (SSSR count). The minimum Gasteiger partial charge on any atom is -0.469 e. The number of amides is 1. The Morgan fingerprint density at radius 3 is 2.92 bits per heavy atom. The summed E-state index contributed by atoms with van der Waals surface area (Å²) in [6.07, 6.45) is 1.54. The molecule has 0 aliphatic rings. The van der Waals surface area contributed by atoms with Crippen molar-refractivity contribution in [3.63, 3.8) is 0 Å². The first-order valence-corrected chi connectivity index (χ1v) is 8.73. The van der Waals surface area contributed by atoms with Gasteiger partial charge in [0.05, 0.1) is 28.2 Å². The van der Waals surface area contributed by atoms with E-state index in [0.717, 1.165) is 17.3 Å². The van der Waals surface area contributed by atoms with Gasteiger partial charge in [0.25, 0.3) is 0 Å². The topological polar surface area (TPSA) is 123 Å². The van der Waals surface area contributed by atoms with Crippen LogP contribution < -0.4 is 11.2 Å². The number of carbonyl (C=O) groups excluding carboxylic acids is 1. The van der Waals surface area contributed by atoms with E-state index in [1.807, 2.05) is 6.07 Å². The quantitative estimate of drug-likeness (QED) is 0.508. The largest absolute Gasteiger partial charge is 0.469 e. The zero-order valence-corrected chi connectivity index (χ0v) is 15.1. The van der Waals surface area contributed by atoms with Crippen LogP contribution in [0.25, 0.3) is 11.4 Å². The second kappa shape index (κ2) is 7.51. The van der Waals surface area contributed by atoms with Crippen LogP contribution in [0.15, 0.2) is 40.1 Å². The lowest BCUT2D eigenvalue weighted by atomic mass is 10.2. The summed E-state index contributed by atoms with van der Waals surface area (Å²) >= 11 is 7.09. The number of nitriles is 1. The van der Waals surface area contributed by atoms with Crippen molar-refractivity contribution in [2.75, 3.05) is 16.9 Å². The Morgan fingerprint density at radius 2 is 2.27 bits per heavy atom. The summed E-state index contributed by atoms with van der Waals surface area (Å²) in [7, 11) is 0. The van der Waals surface area contributed by atoms with Gasteiger partial charge in [-0.15, -0.1) is 10.2 Å². The first-order valence-electron chi connectivity index (χ1n) is 7.37. The molecule has 0 unspecified atom stereocenters. The van der Waals surface area contributed by atoms with Crippen LogP contribution in [0.5, 0.6) is 0 Å². The molecule has 2 heterocycles. The SMILES string of the molecule is Cc1occc1-c1nnc(SCC(=O)Nc2ccc(C#N)c(Cl)c2)n1N. The van der Waals surface area contributed by atoms with Crippen LogP contribution in [0.3, 0.4) is 0 Å². The normalized spacial score (nSPS) is 10.5. The van der Waals surface area contributed by atoms with Gasteiger partial charge in [-0.3, -0.25) is 4.79 Å². The number of furan rings is 1. The van der Waals surface area contributed by atoms with E-state index < -0.39 is 0 Å². The van der Waals surface area contributed by atoms with Crippen LogP contribution in [0.4, 0.5) is 5.69 Å². The van der Waals surface area contributed by atoms with Crippen LogP contribution in [-0.4, -0.2) is 26.5 Å². The number of aryl methyl sites for hydroxylation is 1. The van der Waals surface area contributed by atoms with Crippen LogP contribution in [0.2, 0.25) is 5.02 Å². The highest BCUT2D eigenvalue weighted by Gasteiger charge is 2.16. The first-order chi connectivity index (χ1) is 12.5. The summed E-state index contributed by atoms with van der Waals surface area (Å²) in [6.45, 7) is 1.80. The highest BCUT2D eigenvalue weighted by Crippen LogP contribution is 2.25. The number of halogens is 1. The third-order valence-corrected chi connectivity index (χ3v) is 4.73. The molecule has 3 N–H and O–H groups in total. The minimum absolute atomic E-state index is 0.0807. The van der Waals surface area contributed by atoms with Gasteiger partial charge in [-0.25, -0.2) is 4.68 Å². The lowest BCUT2D eigenvalue weighted by Crippen LogP contribution is -2.16. The van der Waals surface area contributed by atoms with Crippen LogP contribution in [0, 0.1) is 18.3 Å².